The van der Waals surface area contributed by atoms with Crippen molar-refractivity contribution in [3.05, 3.63) is 63.6 Å². The number of halogens is 5. The number of benzene rings is 1. The maximum Gasteiger partial charge on any atom is 0.431 e. The van der Waals surface area contributed by atoms with Gasteiger partial charge in [-0.05, 0) is 24.3 Å². The van der Waals surface area contributed by atoms with Gasteiger partial charge in [0, 0.05) is 11.8 Å². The van der Waals surface area contributed by atoms with Gasteiger partial charge in [0.05, 0.1) is 0 Å². The minimum atomic E-state index is -4.76. The van der Waals surface area contributed by atoms with Gasteiger partial charge in [-0.3, -0.25) is 9.59 Å². The van der Waals surface area contributed by atoms with Gasteiger partial charge in [-0.2, -0.15) is 13.2 Å². The maximum atomic E-state index is 13.0. The first-order valence-corrected chi connectivity index (χ1v) is 5.75. The molecular weight excluding hydrogens is 311 g/mol. The van der Waals surface area contributed by atoms with Crippen molar-refractivity contribution in [2.45, 2.75) is 6.18 Å². The Bertz CT molecular complexity index is 762. The van der Waals surface area contributed by atoms with Crippen LogP contribution in [0.1, 0.15) is 16.1 Å². The standard InChI is InChI=1S/C13H7F5N2O2/c14-6-3-7(15)5-8(4-6)19-11(21)9-1-2-10(13(16,17)18)20-12(9)22/h1-5H,(H,19,21)(H,20,22). The Morgan fingerprint density at radius 1 is 1.05 bits per heavy atom. The summed E-state index contributed by atoms with van der Waals surface area (Å²) in [6.45, 7) is 0. The molecule has 1 aromatic heterocycles. The van der Waals surface area contributed by atoms with E-state index < -0.39 is 40.5 Å². The number of amides is 1. The molecule has 1 heterocycles. The zero-order valence-corrected chi connectivity index (χ0v) is 10.6. The highest BCUT2D eigenvalue weighted by Gasteiger charge is 2.32. The van der Waals surface area contributed by atoms with Crippen molar-refractivity contribution in [2.75, 3.05) is 5.32 Å². The molecule has 0 aliphatic carbocycles. The van der Waals surface area contributed by atoms with Gasteiger partial charge in [0.2, 0.25) is 0 Å². The van der Waals surface area contributed by atoms with Gasteiger partial charge >= 0.3 is 6.18 Å². The lowest BCUT2D eigenvalue weighted by molar-refractivity contribution is -0.141. The molecule has 2 aromatic rings. The first-order chi connectivity index (χ1) is 10.2. The molecule has 0 fully saturated rings. The number of nitrogens with one attached hydrogen (secondary N) is 2. The predicted octanol–water partition coefficient (Wildman–Crippen LogP) is 2.92. The summed E-state index contributed by atoms with van der Waals surface area (Å²) in [6.07, 6.45) is -4.76. The third kappa shape index (κ3) is 3.48. The van der Waals surface area contributed by atoms with Crippen molar-refractivity contribution in [2.24, 2.45) is 0 Å². The third-order valence-corrected chi connectivity index (χ3v) is 2.58. The second-order valence-corrected chi connectivity index (χ2v) is 4.22. The summed E-state index contributed by atoms with van der Waals surface area (Å²) in [6, 6.07) is 3.34. The van der Waals surface area contributed by atoms with Crippen LogP contribution in [-0.2, 0) is 6.18 Å². The lowest BCUT2D eigenvalue weighted by Gasteiger charge is -2.08. The number of carbonyl (C=O) groups is 1. The Morgan fingerprint density at radius 2 is 1.64 bits per heavy atom. The van der Waals surface area contributed by atoms with E-state index in [4.69, 9.17) is 0 Å². The van der Waals surface area contributed by atoms with Crippen LogP contribution in [0.3, 0.4) is 0 Å². The van der Waals surface area contributed by atoms with Gasteiger partial charge in [-0.1, -0.05) is 0 Å². The first-order valence-electron chi connectivity index (χ1n) is 5.75. The average molecular weight is 318 g/mol. The molecular formula is C13H7F5N2O2. The molecule has 0 bridgehead atoms. The molecule has 0 saturated heterocycles. The van der Waals surface area contributed by atoms with E-state index in [2.05, 4.69) is 0 Å². The van der Waals surface area contributed by atoms with Gasteiger partial charge < -0.3 is 10.3 Å². The predicted molar refractivity (Wildman–Crippen MR) is 66.4 cm³/mol. The van der Waals surface area contributed by atoms with Crippen LogP contribution in [0.5, 0.6) is 0 Å². The fourth-order valence-corrected chi connectivity index (χ4v) is 1.64. The van der Waals surface area contributed by atoms with Crippen LogP contribution in [0.15, 0.2) is 35.1 Å². The summed E-state index contributed by atoms with van der Waals surface area (Å²) >= 11 is 0. The first kappa shape index (κ1) is 15.7. The summed E-state index contributed by atoms with van der Waals surface area (Å²) in [5.41, 5.74) is -3.49. The van der Waals surface area contributed by atoms with Gasteiger partial charge in [0.15, 0.2) is 0 Å². The number of hydrogen-bond donors (Lipinski definition) is 2. The van der Waals surface area contributed by atoms with Gasteiger partial charge in [-0.25, -0.2) is 8.78 Å². The van der Waals surface area contributed by atoms with Crippen LogP contribution in [-0.4, -0.2) is 10.9 Å². The van der Waals surface area contributed by atoms with Gasteiger partial charge in [0.1, 0.15) is 22.9 Å². The number of anilines is 1. The molecule has 0 unspecified atom stereocenters. The van der Waals surface area contributed by atoms with Crippen molar-refractivity contribution in [3.8, 4) is 0 Å². The fourth-order valence-electron chi connectivity index (χ4n) is 1.64. The van der Waals surface area contributed by atoms with E-state index in [1.807, 2.05) is 5.32 Å². The summed E-state index contributed by atoms with van der Waals surface area (Å²) < 4.78 is 63.1. The number of rotatable bonds is 2. The Labute approximate surface area is 119 Å². The molecule has 0 atom stereocenters. The molecule has 0 aliphatic rings. The SMILES string of the molecule is O=C(Nc1cc(F)cc(F)c1)c1ccc(C(F)(F)F)[nH]c1=O. The second-order valence-electron chi connectivity index (χ2n) is 4.22. The number of hydrogen-bond acceptors (Lipinski definition) is 2. The molecule has 0 aliphatic heterocycles. The lowest BCUT2D eigenvalue weighted by atomic mass is 10.2. The minimum Gasteiger partial charge on any atom is -0.322 e. The van der Waals surface area contributed by atoms with Crippen LogP contribution in [0.25, 0.3) is 0 Å². The molecule has 1 amide bonds. The molecule has 1 aromatic carbocycles. The molecule has 9 heteroatoms. The number of alkyl halides is 3. The van der Waals surface area contributed by atoms with Gasteiger partial charge in [0.25, 0.3) is 11.5 Å². The van der Waals surface area contributed by atoms with Gasteiger partial charge in [-0.15, -0.1) is 0 Å². The molecule has 0 radical (unpaired) electrons. The summed E-state index contributed by atoms with van der Waals surface area (Å²) in [5, 5.41) is 2.02. The van der Waals surface area contributed by atoms with Crippen molar-refractivity contribution >= 4 is 11.6 Å². The Balaban J connectivity index is 2.28. The van der Waals surface area contributed by atoms with E-state index in [9.17, 15) is 31.5 Å². The number of aromatic nitrogens is 1. The Morgan fingerprint density at radius 3 is 2.14 bits per heavy atom. The van der Waals surface area contributed by atoms with Crippen molar-refractivity contribution < 1.29 is 26.7 Å². The maximum absolute atomic E-state index is 13.0. The number of carbonyl (C=O) groups excluding carboxylic acids is 1. The van der Waals surface area contributed by atoms with E-state index in [1.165, 1.54) is 4.98 Å². The number of pyridine rings is 1. The zero-order valence-electron chi connectivity index (χ0n) is 10.6. The molecule has 2 N–H and O–H groups in total. The van der Waals surface area contributed by atoms with Crippen molar-refractivity contribution in [3.63, 3.8) is 0 Å². The fraction of sp³-hybridized carbons (Fsp3) is 0.0769. The van der Waals surface area contributed by atoms with Crippen molar-refractivity contribution in [1.29, 1.82) is 0 Å². The zero-order chi connectivity index (χ0) is 16.5. The van der Waals surface area contributed by atoms with Crippen LogP contribution in [0, 0.1) is 11.6 Å². The minimum absolute atomic E-state index is 0.276. The highest BCUT2D eigenvalue weighted by Crippen LogP contribution is 2.26. The smallest absolute Gasteiger partial charge is 0.322 e. The highest BCUT2D eigenvalue weighted by molar-refractivity contribution is 6.03. The van der Waals surface area contributed by atoms with E-state index in [1.54, 1.807) is 0 Å². The molecule has 0 saturated carbocycles. The molecule has 22 heavy (non-hydrogen) atoms. The average Bonchev–Trinajstić information content (AvgIpc) is 2.35. The molecule has 4 nitrogen and oxygen atoms in total. The lowest BCUT2D eigenvalue weighted by Crippen LogP contribution is -2.25. The molecule has 0 spiro atoms. The summed E-state index contributed by atoms with van der Waals surface area (Å²) in [7, 11) is 0. The third-order valence-electron chi connectivity index (χ3n) is 2.58. The number of H-pyrrole nitrogens is 1. The second kappa shape index (κ2) is 5.58. The van der Waals surface area contributed by atoms with Crippen molar-refractivity contribution in [1.82, 2.24) is 4.98 Å². The summed E-state index contributed by atoms with van der Waals surface area (Å²) in [4.78, 5) is 24.8. The van der Waals surface area contributed by atoms with E-state index >= 15 is 0 Å². The van der Waals surface area contributed by atoms with Crippen LogP contribution < -0.4 is 10.9 Å². The Kier molecular flexibility index (Phi) is 3.98. The van der Waals surface area contributed by atoms with E-state index in [-0.39, 0.29) is 5.69 Å². The Hall–Kier alpha value is -2.71. The van der Waals surface area contributed by atoms with Crippen LogP contribution in [0.2, 0.25) is 0 Å². The van der Waals surface area contributed by atoms with E-state index in [0.717, 1.165) is 12.1 Å². The molecule has 2 rings (SSSR count). The molecule has 116 valence electrons. The highest BCUT2D eigenvalue weighted by atomic mass is 19.4. The largest absolute Gasteiger partial charge is 0.431 e. The quantitative estimate of drug-likeness (QED) is 0.836. The van der Waals surface area contributed by atoms with E-state index in [0.29, 0.717) is 18.2 Å². The monoisotopic (exact) mass is 318 g/mol. The van der Waals surface area contributed by atoms with Crippen LogP contribution in [0.4, 0.5) is 27.6 Å². The summed E-state index contributed by atoms with van der Waals surface area (Å²) in [5.74, 6) is -3.02. The number of aromatic amines is 1. The topological polar surface area (TPSA) is 62.0 Å². The van der Waals surface area contributed by atoms with Crippen LogP contribution >= 0.6 is 0 Å². The normalized spacial score (nSPS) is 11.3.